The standard InChI is InChI=1S/C25H29N5O5S2/c1-4-5-6-10-30-24(34)18(37-25(30)36)13-16-21(27-20-15(2)8-7-11-29(20)23(16)33)28-12-9-26-22(32)17(28)14-19(31)35-3/h7-8,11,13,17H,4-6,9-10,12,14H2,1-3H3,(H,26,32)/b18-13-. The van der Waals surface area contributed by atoms with E-state index in [9.17, 15) is 19.2 Å². The number of pyridine rings is 1. The SMILES string of the molecule is CCCCCN1C(=O)/C(=C/c2c(N3CCNC(=O)C3CC(=O)OC)nc3c(C)cccn3c2=O)SC1=S. The molecular formula is C25H29N5O5S2. The second kappa shape index (κ2) is 11.4. The summed E-state index contributed by atoms with van der Waals surface area (Å²) in [7, 11) is 1.26. The van der Waals surface area contributed by atoms with Gasteiger partial charge in [-0.3, -0.25) is 28.5 Å². The van der Waals surface area contributed by atoms with Gasteiger partial charge in [0.05, 0.1) is 24.0 Å². The summed E-state index contributed by atoms with van der Waals surface area (Å²) in [4.78, 5) is 60.2. The zero-order chi connectivity index (χ0) is 26.7. The first-order chi connectivity index (χ1) is 17.8. The lowest BCUT2D eigenvalue weighted by Crippen LogP contribution is -2.57. The normalized spacial score (nSPS) is 19.2. The Balaban J connectivity index is 1.85. The van der Waals surface area contributed by atoms with Crippen LogP contribution in [0.2, 0.25) is 0 Å². The first-order valence-corrected chi connectivity index (χ1v) is 13.4. The fourth-order valence-electron chi connectivity index (χ4n) is 4.40. The van der Waals surface area contributed by atoms with E-state index in [0.717, 1.165) is 36.6 Å². The largest absolute Gasteiger partial charge is 0.469 e. The molecule has 0 bridgehead atoms. The Morgan fingerprint density at radius 1 is 1.32 bits per heavy atom. The van der Waals surface area contributed by atoms with Crippen molar-refractivity contribution in [2.75, 3.05) is 31.6 Å². The number of fused-ring (bicyclic) bond motifs is 1. The van der Waals surface area contributed by atoms with Crippen LogP contribution in [0.1, 0.15) is 43.7 Å². The number of aromatic nitrogens is 2. The van der Waals surface area contributed by atoms with Gasteiger partial charge in [-0.15, -0.1) is 0 Å². The maximum absolute atomic E-state index is 13.8. The smallest absolute Gasteiger partial charge is 0.308 e. The Bertz CT molecular complexity index is 1350. The van der Waals surface area contributed by atoms with Crippen molar-refractivity contribution in [2.24, 2.45) is 0 Å². The van der Waals surface area contributed by atoms with E-state index in [0.29, 0.717) is 34.5 Å². The van der Waals surface area contributed by atoms with Crippen LogP contribution in [0, 0.1) is 6.92 Å². The van der Waals surface area contributed by atoms with Crippen LogP contribution in [0.3, 0.4) is 0 Å². The number of esters is 1. The van der Waals surface area contributed by atoms with Crippen LogP contribution >= 0.6 is 24.0 Å². The number of nitrogens with zero attached hydrogens (tertiary/aromatic N) is 4. The molecular weight excluding hydrogens is 514 g/mol. The fraction of sp³-hybridized carbons (Fsp3) is 0.440. The number of carbonyl (C=O) groups is 3. The van der Waals surface area contributed by atoms with Crippen LogP contribution in [0.5, 0.6) is 0 Å². The Hall–Kier alpha value is -3.25. The first-order valence-electron chi connectivity index (χ1n) is 12.1. The van der Waals surface area contributed by atoms with Crippen LogP contribution < -0.4 is 15.8 Å². The molecule has 0 aromatic carbocycles. The summed E-state index contributed by atoms with van der Waals surface area (Å²) in [6.45, 7) is 5.07. The molecule has 0 aliphatic carbocycles. The number of ether oxygens (including phenoxy) is 1. The van der Waals surface area contributed by atoms with E-state index in [1.54, 1.807) is 22.1 Å². The van der Waals surface area contributed by atoms with Gasteiger partial charge in [0.15, 0.2) is 0 Å². The van der Waals surface area contributed by atoms with Crippen molar-refractivity contribution in [1.29, 1.82) is 0 Å². The highest BCUT2D eigenvalue weighted by atomic mass is 32.2. The monoisotopic (exact) mass is 543 g/mol. The maximum atomic E-state index is 13.8. The topological polar surface area (TPSA) is 113 Å². The number of thiocarbonyl (C=S) groups is 1. The van der Waals surface area contributed by atoms with E-state index in [1.165, 1.54) is 17.6 Å². The molecule has 2 aliphatic rings. The number of thioether (sulfide) groups is 1. The quantitative estimate of drug-likeness (QED) is 0.232. The van der Waals surface area contributed by atoms with Crippen molar-refractivity contribution >= 4 is 63.6 Å². The maximum Gasteiger partial charge on any atom is 0.308 e. The molecule has 0 saturated carbocycles. The number of hydrogen-bond donors (Lipinski definition) is 1. The van der Waals surface area contributed by atoms with Gasteiger partial charge in [0.2, 0.25) is 5.91 Å². The van der Waals surface area contributed by atoms with Crippen LogP contribution in [-0.4, -0.2) is 69.2 Å². The summed E-state index contributed by atoms with van der Waals surface area (Å²) in [6, 6.07) is 2.66. The summed E-state index contributed by atoms with van der Waals surface area (Å²) in [6.07, 6.45) is 5.75. The molecule has 2 aromatic heterocycles. The van der Waals surface area contributed by atoms with Crippen molar-refractivity contribution < 1.29 is 19.1 Å². The number of nitrogens with one attached hydrogen (secondary N) is 1. The second-order valence-corrected chi connectivity index (χ2v) is 10.5. The zero-order valence-corrected chi connectivity index (χ0v) is 22.6. The average Bonchev–Trinajstić information content (AvgIpc) is 3.14. The van der Waals surface area contributed by atoms with Crippen LogP contribution in [0.15, 0.2) is 28.0 Å². The molecule has 10 nitrogen and oxygen atoms in total. The Labute approximate surface area is 224 Å². The Morgan fingerprint density at radius 3 is 2.84 bits per heavy atom. The van der Waals surface area contributed by atoms with E-state index < -0.39 is 12.0 Å². The van der Waals surface area contributed by atoms with Gasteiger partial charge in [0.1, 0.15) is 21.8 Å². The van der Waals surface area contributed by atoms with Crippen molar-refractivity contribution in [1.82, 2.24) is 19.6 Å². The molecule has 1 unspecified atom stereocenters. The lowest BCUT2D eigenvalue weighted by Gasteiger charge is -2.36. The van der Waals surface area contributed by atoms with E-state index in [4.69, 9.17) is 21.9 Å². The number of amides is 2. The lowest BCUT2D eigenvalue weighted by atomic mass is 10.1. The number of unbranched alkanes of at least 4 members (excludes halogenated alkanes) is 2. The number of rotatable bonds is 8. The van der Waals surface area contributed by atoms with Crippen molar-refractivity contribution in [3.8, 4) is 0 Å². The van der Waals surface area contributed by atoms with Gasteiger partial charge in [-0.1, -0.05) is 49.8 Å². The number of hydrogen-bond acceptors (Lipinski definition) is 9. The average molecular weight is 544 g/mol. The molecule has 0 spiro atoms. The van der Waals surface area contributed by atoms with Gasteiger partial charge < -0.3 is 15.0 Å². The molecule has 196 valence electrons. The molecule has 2 fully saturated rings. The van der Waals surface area contributed by atoms with Crippen molar-refractivity contribution in [2.45, 2.75) is 45.6 Å². The molecule has 0 radical (unpaired) electrons. The van der Waals surface area contributed by atoms with Gasteiger partial charge in [-0.25, -0.2) is 4.98 Å². The third-order valence-corrected chi connectivity index (χ3v) is 7.77. The Kier molecular flexibility index (Phi) is 8.28. The Morgan fingerprint density at radius 2 is 2.11 bits per heavy atom. The summed E-state index contributed by atoms with van der Waals surface area (Å²) in [5.74, 6) is -0.945. The number of carbonyl (C=O) groups excluding carboxylic acids is 3. The van der Waals surface area contributed by atoms with Crippen molar-refractivity contribution in [3.05, 3.63) is 44.7 Å². The van der Waals surface area contributed by atoms with Gasteiger partial charge in [0.25, 0.3) is 11.5 Å². The predicted octanol–water partition coefficient (Wildman–Crippen LogP) is 2.26. The van der Waals surface area contributed by atoms with E-state index in [1.807, 2.05) is 13.0 Å². The molecule has 37 heavy (non-hydrogen) atoms. The number of piperazine rings is 1. The molecule has 2 aromatic rings. The van der Waals surface area contributed by atoms with Crippen molar-refractivity contribution in [3.63, 3.8) is 0 Å². The van der Waals surface area contributed by atoms with Gasteiger partial charge >= 0.3 is 5.97 Å². The number of aryl methyl sites for hydroxylation is 1. The summed E-state index contributed by atoms with van der Waals surface area (Å²) in [5, 5.41) is 2.76. The van der Waals surface area contributed by atoms with Crippen LogP contribution in [0.25, 0.3) is 11.7 Å². The van der Waals surface area contributed by atoms with Gasteiger partial charge in [-0.05, 0) is 31.1 Å². The van der Waals surface area contributed by atoms with Crippen LogP contribution in [-0.2, 0) is 19.1 Å². The van der Waals surface area contributed by atoms with E-state index >= 15 is 0 Å². The third kappa shape index (κ3) is 5.40. The molecule has 12 heteroatoms. The molecule has 2 amide bonds. The predicted molar refractivity (Wildman–Crippen MR) is 146 cm³/mol. The molecule has 4 rings (SSSR count). The molecule has 1 N–H and O–H groups in total. The number of anilines is 1. The minimum Gasteiger partial charge on any atom is -0.469 e. The molecule has 2 saturated heterocycles. The summed E-state index contributed by atoms with van der Waals surface area (Å²) >= 11 is 6.60. The second-order valence-electron chi connectivity index (χ2n) is 8.86. The molecule has 4 heterocycles. The van der Waals surface area contributed by atoms with Gasteiger partial charge in [0, 0.05) is 25.8 Å². The first kappa shape index (κ1) is 26.8. The summed E-state index contributed by atoms with van der Waals surface area (Å²) < 4.78 is 6.67. The minimum absolute atomic E-state index is 0.154. The lowest BCUT2D eigenvalue weighted by molar-refractivity contribution is -0.143. The molecule has 2 aliphatic heterocycles. The zero-order valence-electron chi connectivity index (χ0n) is 21.0. The van der Waals surface area contributed by atoms with E-state index in [-0.39, 0.29) is 35.2 Å². The third-order valence-electron chi connectivity index (χ3n) is 6.39. The van der Waals surface area contributed by atoms with E-state index in [2.05, 4.69) is 12.2 Å². The highest BCUT2D eigenvalue weighted by Gasteiger charge is 2.36. The minimum atomic E-state index is -0.921. The summed E-state index contributed by atoms with van der Waals surface area (Å²) in [5.41, 5.74) is 0.958. The van der Waals surface area contributed by atoms with Gasteiger partial charge in [-0.2, -0.15) is 0 Å². The van der Waals surface area contributed by atoms with Crippen LogP contribution in [0.4, 0.5) is 5.82 Å². The fourth-order valence-corrected chi connectivity index (χ4v) is 5.69. The highest BCUT2D eigenvalue weighted by molar-refractivity contribution is 8.26. The molecule has 1 atom stereocenters. The number of methoxy groups -OCH3 is 1. The highest BCUT2D eigenvalue weighted by Crippen LogP contribution is 2.34.